The Labute approximate surface area is 141 Å². The Morgan fingerprint density at radius 3 is 2.43 bits per heavy atom. The number of hydrogen-bond donors (Lipinski definition) is 2. The molecule has 0 saturated heterocycles. The van der Waals surface area contributed by atoms with Crippen molar-refractivity contribution >= 4 is 56.4 Å². The van der Waals surface area contributed by atoms with E-state index >= 15 is 0 Å². The third-order valence-corrected chi connectivity index (χ3v) is 3.70. The zero-order chi connectivity index (χ0) is 15.4. The van der Waals surface area contributed by atoms with Crippen LogP contribution in [0.5, 0.6) is 0 Å². The molecule has 0 saturated carbocycles. The van der Waals surface area contributed by atoms with E-state index in [-0.39, 0.29) is 12.5 Å². The van der Waals surface area contributed by atoms with Crippen LogP contribution in [0.4, 0.5) is 11.4 Å². The molecule has 0 unspecified atom stereocenters. The lowest BCUT2D eigenvalue weighted by Crippen LogP contribution is -2.22. The molecule has 0 aromatic heterocycles. The van der Waals surface area contributed by atoms with E-state index in [1.165, 1.54) is 0 Å². The molecule has 0 aliphatic carbocycles. The maximum atomic E-state index is 11.9. The van der Waals surface area contributed by atoms with Crippen molar-refractivity contribution in [3.63, 3.8) is 0 Å². The Kier molecular flexibility index (Phi) is 5.51. The number of carbonyl (C=O) groups excluding carboxylic acids is 1. The van der Waals surface area contributed by atoms with E-state index in [4.69, 9.17) is 23.2 Å². The van der Waals surface area contributed by atoms with Crippen LogP contribution in [-0.2, 0) is 4.79 Å². The van der Waals surface area contributed by atoms with Crippen LogP contribution in [0.2, 0.25) is 10.0 Å². The molecule has 6 heteroatoms. The molecule has 0 spiro atoms. The van der Waals surface area contributed by atoms with Crippen molar-refractivity contribution < 1.29 is 4.79 Å². The zero-order valence-corrected chi connectivity index (χ0v) is 14.3. The van der Waals surface area contributed by atoms with Crippen molar-refractivity contribution in [2.24, 2.45) is 0 Å². The topological polar surface area (TPSA) is 41.1 Å². The van der Waals surface area contributed by atoms with Crippen molar-refractivity contribution in [2.45, 2.75) is 6.92 Å². The first-order valence-electron chi connectivity index (χ1n) is 6.20. The van der Waals surface area contributed by atoms with Crippen molar-refractivity contribution in [3.05, 3.63) is 56.5 Å². The van der Waals surface area contributed by atoms with E-state index in [0.29, 0.717) is 15.7 Å². The summed E-state index contributed by atoms with van der Waals surface area (Å²) in [6.07, 6.45) is 0. The molecule has 0 atom stereocenters. The second-order valence-electron chi connectivity index (χ2n) is 4.52. The largest absolute Gasteiger partial charge is 0.376 e. The van der Waals surface area contributed by atoms with Gasteiger partial charge in [0, 0.05) is 25.9 Å². The third-order valence-electron chi connectivity index (χ3n) is 2.77. The second kappa shape index (κ2) is 7.16. The van der Waals surface area contributed by atoms with Crippen molar-refractivity contribution in [3.8, 4) is 0 Å². The van der Waals surface area contributed by atoms with Crippen molar-refractivity contribution in [1.82, 2.24) is 0 Å². The van der Waals surface area contributed by atoms with Gasteiger partial charge in [0.25, 0.3) is 0 Å². The Morgan fingerprint density at radius 1 is 1.14 bits per heavy atom. The second-order valence-corrected chi connectivity index (χ2v) is 6.31. The molecule has 2 aromatic rings. The fourth-order valence-electron chi connectivity index (χ4n) is 1.83. The summed E-state index contributed by atoms with van der Waals surface area (Å²) in [6.45, 7) is 2.13. The number of halogens is 3. The van der Waals surface area contributed by atoms with Crippen molar-refractivity contribution in [2.75, 3.05) is 17.2 Å². The van der Waals surface area contributed by atoms with Gasteiger partial charge in [0.2, 0.25) is 5.91 Å². The number of amides is 1. The van der Waals surface area contributed by atoms with Gasteiger partial charge in [-0.2, -0.15) is 0 Å². The van der Waals surface area contributed by atoms with Gasteiger partial charge in [-0.25, -0.2) is 0 Å². The van der Waals surface area contributed by atoms with Gasteiger partial charge < -0.3 is 10.6 Å². The lowest BCUT2D eigenvalue weighted by atomic mass is 10.2. The van der Waals surface area contributed by atoms with Crippen LogP contribution >= 0.6 is 39.1 Å². The molecular formula is C15H13BrCl2N2O. The number of rotatable bonds is 4. The van der Waals surface area contributed by atoms with Crippen LogP contribution in [0.25, 0.3) is 0 Å². The Morgan fingerprint density at radius 2 is 1.81 bits per heavy atom. The number of hydrogen-bond acceptors (Lipinski definition) is 2. The molecule has 1 amide bonds. The van der Waals surface area contributed by atoms with Crippen LogP contribution in [-0.4, -0.2) is 12.5 Å². The summed E-state index contributed by atoms with van der Waals surface area (Å²) in [4.78, 5) is 11.9. The molecule has 2 N–H and O–H groups in total. The number of aryl methyl sites for hydroxylation is 1. The lowest BCUT2D eigenvalue weighted by Gasteiger charge is -2.10. The van der Waals surface area contributed by atoms with Crippen LogP contribution < -0.4 is 10.6 Å². The molecule has 21 heavy (non-hydrogen) atoms. The summed E-state index contributed by atoms with van der Waals surface area (Å²) < 4.78 is 1.00. The summed E-state index contributed by atoms with van der Waals surface area (Å²) in [5, 5.41) is 6.80. The number of nitrogens with one attached hydrogen (secondary N) is 2. The first kappa shape index (κ1) is 16.1. The minimum Gasteiger partial charge on any atom is -0.376 e. The Bertz CT molecular complexity index is 656. The van der Waals surface area contributed by atoms with Gasteiger partial charge in [0.15, 0.2) is 0 Å². The van der Waals surface area contributed by atoms with Gasteiger partial charge in [0.05, 0.1) is 6.54 Å². The lowest BCUT2D eigenvalue weighted by molar-refractivity contribution is -0.114. The Hall–Kier alpha value is -1.23. The van der Waals surface area contributed by atoms with E-state index in [2.05, 4.69) is 26.6 Å². The highest BCUT2D eigenvalue weighted by atomic mass is 79.9. The molecule has 0 radical (unpaired) electrons. The van der Waals surface area contributed by atoms with Crippen LogP contribution in [0.1, 0.15) is 5.56 Å². The molecule has 0 heterocycles. The molecule has 2 aromatic carbocycles. The highest BCUT2D eigenvalue weighted by Crippen LogP contribution is 2.23. The molecular weight excluding hydrogens is 375 g/mol. The maximum absolute atomic E-state index is 11.9. The summed E-state index contributed by atoms with van der Waals surface area (Å²) in [6, 6.07) is 10.7. The van der Waals surface area contributed by atoms with Gasteiger partial charge in [-0.15, -0.1) is 0 Å². The first-order chi connectivity index (χ1) is 9.94. The van der Waals surface area contributed by atoms with E-state index < -0.39 is 0 Å². The van der Waals surface area contributed by atoms with Gasteiger partial charge in [-0.3, -0.25) is 4.79 Å². The highest BCUT2D eigenvalue weighted by Gasteiger charge is 2.05. The molecule has 110 valence electrons. The molecule has 2 rings (SSSR count). The van der Waals surface area contributed by atoms with Gasteiger partial charge >= 0.3 is 0 Å². The molecule has 0 aliphatic rings. The summed E-state index contributed by atoms with van der Waals surface area (Å²) >= 11 is 15.2. The summed E-state index contributed by atoms with van der Waals surface area (Å²) in [5.74, 6) is -0.171. The molecule has 3 nitrogen and oxygen atoms in total. The van der Waals surface area contributed by atoms with Gasteiger partial charge in [-0.05, 0) is 48.9 Å². The monoisotopic (exact) mass is 386 g/mol. The third kappa shape index (κ3) is 4.92. The van der Waals surface area contributed by atoms with E-state index in [0.717, 1.165) is 15.7 Å². The van der Waals surface area contributed by atoms with Gasteiger partial charge in [0.1, 0.15) is 0 Å². The fourth-order valence-corrected chi connectivity index (χ4v) is 2.83. The summed E-state index contributed by atoms with van der Waals surface area (Å²) in [7, 11) is 0. The number of benzene rings is 2. The van der Waals surface area contributed by atoms with Crippen LogP contribution in [0.15, 0.2) is 40.9 Å². The van der Waals surface area contributed by atoms with E-state index in [1.807, 2.05) is 25.1 Å². The molecule has 0 bridgehead atoms. The Balaban J connectivity index is 1.95. The SMILES string of the molecule is Cc1cc(Br)ccc1NCC(=O)Nc1cc(Cl)cc(Cl)c1. The smallest absolute Gasteiger partial charge is 0.243 e. The first-order valence-corrected chi connectivity index (χ1v) is 7.75. The minimum absolute atomic E-state index is 0.159. The predicted molar refractivity (Wildman–Crippen MR) is 92.5 cm³/mol. The van der Waals surface area contributed by atoms with Crippen LogP contribution in [0, 0.1) is 6.92 Å². The normalized spacial score (nSPS) is 10.3. The maximum Gasteiger partial charge on any atom is 0.243 e. The number of anilines is 2. The number of carbonyl (C=O) groups is 1. The average molecular weight is 388 g/mol. The standard InChI is InChI=1S/C15H13BrCl2N2O/c1-9-4-10(16)2-3-14(9)19-8-15(21)20-13-6-11(17)5-12(18)7-13/h2-7,19H,8H2,1H3,(H,20,21). The average Bonchev–Trinajstić information content (AvgIpc) is 2.36. The summed E-state index contributed by atoms with van der Waals surface area (Å²) in [5.41, 5.74) is 2.55. The fraction of sp³-hybridized carbons (Fsp3) is 0.133. The predicted octanol–water partition coefficient (Wildman–Crippen LogP) is 5.11. The van der Waals surface area contributed by atoms with Crippen molar-refractivity contribution in [1.29, 1.82) is 0 Å². The van der Waals surface area contributed by atoms with E-state index in [1.54, 1.807) is 18.2 Å². The minimum atomic E-state index is -0.171. The van der Waals surface area contributed by atoms with Crippen LogP contribution in [0.3, 0.4) is 0 Å². The zero-order valence-electron chi connectivity index (χ0n) is 11.2. The van der Waals surface area contributed by atoms with E-state index in [9.17, 15) is 4.79 Å². The molecule has 0 aliphatic heterocycles. The quantitative estimate of drug-likeness (QED) is 0.764. The van der Waals surface area contributed by atoms with Gasteiger partial charge in [-0.1, -0.05) is 39.1 Å². The molecule has 0 fully saturated rings. The highest BCUT2D eigenvalue weighted by molar-refractivity contribution is 9.10.